The van der Waals surface area contributed by atoms with Crippen molar-refractivity contribution >= 4 is 23.5 Å². The van der Waals surface area contributed by atoms with Crippen LogP contribution in [0.4, 0.5) is 0 Å². The van der Waals surface area contributed by atoms with Gasteiger partial charge in [0.1, 0.15) is 18.4 Å². The lowest BCUT2D eigenvalue weighted by Crippen LogP contribution is -2.56. The number of H-pyrrole nitrogens is 1. The maximum atomic E-state index is 12.1. The van der Waals surface area contributed by atoms with E-state index in [9.17, 15) is 38.2 Å². The number of phosphoric ester groups is 1. The minimum atomic E-state index is -5.79. The molecule has 0 radical (unpaired) electrons. The van der Waals surface area contributed by atoms with E-state index >= 15 is 0 Å². The summed E-state index contributed by atoms with van der Waals surface area (Å²) < 4.78 is 52.1. The van der Waals surface area contributed by atoms with Gasteiger partial charge in [-0.2, -0.15) is 18.4 Å². The lowest BCUT2D eigenvalue weighted by molar-refractivity contribution is -0.0794. The minimum absolute atomic E-state index is 0.548. The molecule has 3 unspecified atom stereocenters. The highest BCUT2D eigenvalue weighted by molar-refractivity contribution is 7.66. The van der Waals surface area contributed by atoms with Gasteiger partial charge in [0.15, 0.2) is 11.8 Å². The summed E-state index contributed by atoms with van der Waals surface area (Å²) in [6, 6.07) is 0. The largest absolute Gasteiger partial charge is 0.490 e. The first-order valence-corrected chi connectivity index (χ1v) is 13.0. The number of phosphoric acid groups is 3. The molecular formula is C12H19N4O14P3. The Hall–Kier alpha value is -1.54. The highest BCUT2D eigenvalue weighted by atomic mass is 31.3. The van der Waals surface area contributed by atoms with Crippen molar-refractivity contribution in [2.45, 2.75) is 43.9 Å². The number of nitrogens with one attached hydrogen (secondary N) is 1. The number of aliphatic hydroxyl groups is 1. The molecule has 1 aromatic rings. The molecule has 21 heteroatoms. The van der Waals surface area contributed by atoms with Crippen molar-refractivity contribution in [3.05, 3.63) is 27.0 Å². The lowest BCUT2D eigenvalue weighted by Gasteiger charge is -2.27. The zero-order valence-corrected chi connectivity index (χ0v) is 19.3. The SMILES string of the molecule is CC#CC1(N)[C@@H](O)[C@@H]([C@@H](C)OP(=O)(O)OP(=O)(O)OP(=O)(O)O)O[C@H]1n1ncc(=O)[nH]c1=O. The van der Waals surface area contributed by atoms with Gasteiger partial charge in [-0.15, -0.1) is 5.92 Å². The summed E-state index contributed by atoms with van der Waals surface area (Å²) >= 11 is 0. The van der Waals surface area contributed by atoms with Crippen LogP contribution in [0.1, 0.15) is 20.1 Å². The molecule has 0 saturated carbocycles. The zero-order valence-electron chi connectivity index (χ0n) is 16.6. The molecule has 1 saturated heterocycles. The third kappa shape index (κ3) is 6.75. The van der Waals surface area contributed by atoms with Gasteiger partial charge in [-0.05, 0) is 13.8 Å². The van der Waals surface area contributed by atoms with E-state index in [0.29, 0.717) is 10.9 Å². The summed E-state index contributed by atoms with van der Waals surface area (Å²) in [7, 11) is -17.0. The van der Waals surface area contributed by atoms with Crippen molar-refractivity contribution in [1.82, 2.24) is 14.8 Å². The van der Waals surface area contributed by atoms with Crippen molar-refractivity contribution in [3.63, 3.8) is 0 Å². The molecule has 1 aliphatic heterocycles. The summed E-state index contributed by atoms with van der Waals surface area (Å²) in [5, 5.41) is 14.2. The summed E-state index contributed by atoms with van der Waals surface area (Å²) in [5.41, 5.74) is 2.10. The summed E-state index contributed by atoms with van der Waals surface area (Å²) in [6.07, 6.45) is -6.11. The average Bonchev–Trinajstić information content (AvgIpc) is 2.83. The molecule has 18 nitrogen and oxygen atoms in total. The quantitative estimate of drug-likeness (QED) is 0.135. The van der Waals surface area contributed by atoms with Gasteiger partial charge in [-0.1, -0.05) is 5.92 Å². The number of ether oxygens (including phenoxy) is 1. The molecule has 7 atom stereocenters. The standard InChI is InChI=1S/C12H19N4O14P3/c1-3-4-12(13)9(18)8(27-10(12)16-11(19)15-7(17)5-14-16)6(2)28-32(23,24)30-33(25,26)29-31(20,21)22/h5-6,8-10,18H,13H2,1-2H3,(H,23,24)(H,25,26)(H,15,17,19)(H2,20,21,22)/t6-,8-,9+,10-,12?/m1/s1. The van der Waals surface area contributed by atoms with Crippen LogP contribution in [-0.4, -0.2) is 63.3 Å². The molecule has 0 aliphatic carbocycles. The molecule has 2 heterocycles. The Kier molecular flexibility index (Phi) is 8.06. The summed E-state index contributed by atoms with van der Waals surface area (Å²) in [6.45, 7) is 2.36. The van der Waals surface area contributed by atoms with Gasteiger partial charge in [-0.3, -0.25) is 14.3 Å². The van der Waals surface area contributed by atoms with E-state index in [2.05, 4.69) is 30.1 Å². The van der Waals surface area contributed by atoms with Crippen LogP contribution in [0.25, 0.3) is 0 Å². The number of aromatic nitrogens is 3. The Labute approximate surface area is 183 Å². The first-order chi connectivity index (χ1) is 14.9. The van der Waals surface area contributed by atoms with Crippen LogP contribution in [0.15, 0.2) is 15.8 Å². The Morgan fingerprint density at radius 1 is 1.24 bits per heavy atom. The minimum Gasteiger partial charge on any atom is -0.387 e. The monoisotopic (exact) mass is 536 g/mol. The molecule has 0 amide bonds. The second kappa shape index (κ2) is 9.61. The van der Waals surface area contributed by atoms with E-state index < -0.39 is 64.8 Å². The maximum absolute atomic E-state index is 12.1. The second-order valence-corrected chi connectivity index (χ2v) is 10.9. The Balaban J connectivity index is 2.32. The van der Waals surface area contributed by atoms with E-state index in [-0.39, 0.29) is 0 Å². The Morgan fingerprint density at radius 2 is 1.85 bits per heavy atom. The molecule has 1 aromatic heterocycles. The topological polar surface area (TPSA) is 283 Å². The van der Waals surface area contributed by atoms with Crippen LogP contribution in [0.2, 0.25) is 0 Å². The van der Waals surface area contributed by atoms with Gasteiger partial charge in [0.05, 0.1) is 6.10 Å². The molecule has 1 aliphatic rings. The predicted molar refractivity (Wildman–Crippen MR) is 104 cm³/mol. The smallest absolute Gasteiger partial charge is 0.387 e. The molecule has 0 spiro atoms. The van der Waals surface area contributed by atoms with Crippen molar-refractivity contribution in [2.75, 3.05) is 0 Å². The normalized spacial score (nSPS) is 30.0. The first kappa shape index (κ1) is 27.7. The lowest BCUT2D eigenvalue weighted by atomic mass is 9.90. The van der Waals surface area contributed by atoms with E-state index in [1.807, 2.05) is 4.98 Å². The van der Waals surface area contributed by atoms with Crippen molar-refractivity contribution in [3.8, 4) is 11.8 Å². The predicted octanol–water partition coefficient (Wildman–Crippen LogP) is -2.36. The van der Waals surface area contributed by atoms with Crippen LogP contribution in [-0.2, 0) is 31.6 Å². The van der Waals surface area contributed by atoms with Gasteiger partial charge in [0.25, 0.3) is 5.56 Å². The highest BCUT2D eigenvalue weighted by Gasteiger charge is 2.57. The number of rotatable bonds is 8. The van der Waals surface area contributed by atoms with Gasteiger partial charge in [-0.25, -0.2) is 18.5 Å². The first-order valence-electron chi connectivity index (χ1n) is 8.47. The molecule has 8 N–H and O–H groups in total. The number of hydrogen-bond donors (Lipinski definition) is 7. The van der Waals surface area contributed by atoms with Crippen LogP contribution < -0.4 is 17.0 Å². The van der Waals surface area contributed by atoms with E-state index in [1.54, 1.807) is 0 Å². The number of hydrogen-bond acceptors (Lipinski definition) is 12. The third-order valence-electron chi connectivity index (χ3n) is 3.97. The van der Waals surface area contributed by atoms with Gasteiger partial charge in [0, 0.05) is 0 Å². The Morgan fingerprint density at radius 3 is 2.36 bits per heavy atom. The molecule has 0 aromatic carbocycles. The number of nitrogens with zero attached hydrogens (tertiary/aromatic N) is 2. The zero-order chi connectivity index (χ0) is 25.4. The summed E-state index contributed by atoms with van der Waals surface area (Å²) in [5.74, 6) is 4.84. The average molecular weight is 536 g/mol. The van der Waals surface area contributed by atoms with Crippen molar-refractivity contribution < 1.29 is 56.3 Å². The van der Waals surface area contributed by atoms with Gasteiger partial charge >= 0.3 is 29.2 Å². The fraction of sp³-hybridized carbons (Fsp3) is 0.583. The van der Waals surface area contributed by atoms with E-state index in [0.717, 1.165) is 6.92 Å². The fourth-order valence-electron chi connectivity index (χ4n) is 2.83. The van der Waals surface area contributed by atoms with Crippen molar-refractivity contribution in [2.24, 2.45) is 5.73 Å². The maximum Gasteiger partial charge on any atom is 0.490 e. The number of aromatic amines is 1. The van der Waals surface area contributed by atoms with Crippen LogP contribution >= 0.6 is 23.5 Å². The van der Waals surface area contributed by atoms with Gasteiger partial charge in [0.2, 0.25) is 0 Å². The molecule has 33 heavy (non-hydrogen) atoms. The van der Waals surface area contributed by atoms with E-state index in [4.69, 9.17) is 20.3 Å². The highest BCUT2D eigenvalue weighted by Crippen LogP contribution is 2.66. The Bertz CT molecular complexity index is 1210. The molecule has 1 fully saturated rings. The van der Waals surface area contributed by atoms with Crippen LogP contribution in [0.5, 0.6) is 0 Å². The number of aliphatic hydroxyl groups excluding tert-OH is 1. The fourth-order valence-corrected chi connectivity index (χ4v) is 6.03. The van der Waals surface area contributed by atoms with Crippen molar-refractivity contribution in [1.29, 1.82) is 0 Å². The molecule has 0 bridgehead atoms. The third-order valence-corrected chi connectivity index (χ3v) is 7.90. The van der Waals surface area contributed by atoms with Crippen LogP contribution in [0.3, 0.4) is 0 Å². The molecular weight excluding hydrogens is 517 g/mol. The number of nitrogens with two attached hydrogens (primary N) is 1. The molecule has 2 rings (SSSR count). The molecule has 186 valence electrons. The van der Waals surface area contributed by atoms with Gasteiger partial charge < -0.3 is 35.2 Å². The van der Waals surface area contributed by atoms with Crippen LogP contribution in [0, 0.1) is 11.8 Å². The summed E-state index contributed by atoms with van der Waals surface area (Å²) in [4.78, 5) is 61.3. The van der Waals surface area contributed by atoms with E-state index in [1.165, 1.54) is 6.92 Å². The second-order valence-electron chi connectivity index (χ2n) is 6.49.